The molecule has 16 heavy (non-hydrogen) atoms. The second-order valence-corrected chi connectivity index (χ2v) is 4.95. The van der Waals surface area contributed by atoms with Gasteiger partial charge in [-0.1, -0.05) is 27.2 Å². The summed E-state index contributed by atoms with van der Waals surface area (Å²) in [5, 5.41) is 3.46. The zero-order valence-corrected chi connectivity index (χ0v) is 11.0. The third kappa shape index (κ3) is 3.97. The van der Waals surface area contributed by atoms with Crippen molar-refractivity contribution in [3.63, 3.8) is 0 Å². The molecule has 0 amide bonds. The van der Waals surface area contributed by atoms with Gasteiger partial charge < -0.3 is 9.88 Å². The van der Waals surface area contributed by atoms with Crippen molar-refractivity contribution in [2.45, 2.75) is 53.1 Å². The Labute approximate surface area is 99.3 Å². The van der Waals surface area contributed by atoms with E-state index in [1.165, 1.54) is 18.5 Å². The fourth-order valence-corrected chi connectivity index (χ4v) is 1.91. The first kappa shape index (κ1) is 13.2. The van der Waals surface area contributed by atoms with E-state index in [9.17, 15) is 0 Å². The quantitative estimate of drug-likeness (QED) is 0.770. The van der Waals surface area contributed by atoms with Crippen LogP contribution < -0.4 is 5.32 Å². The molecule has 0 aliphatic carbocycles. The molecule has 0 radical (unpaired) electrons. The molecule has 1 N–H and O–H groups in total. The molecular formula is C13H25N3. The van der Waals surface area contributed by atoms with Crippen molar-refractivity contribution in [3.8, 4) is 0 Å². The van der Waals surface area contributed by atoms with Gasteiger partial charge in [-0.3, -0.25) is 0 Å². The molecule has 1 aromatic heterocycles. The average molecular weight is 223 g/mol. The highest BCUT2D eigenvalue weighted by atomic mass is 15.1. The lowest BCUT2D eigenvalue weighted by atomic mass is 10.2. The Morgan fingerprint density at radius 2 is 2.12 bits per heavy atom. The minimum atomic E-state index is 0.559. The van der Waals surface area contributed by atoms with Crippen LogP contribution >= 0.6 is 0 Å². The van der Waals surface area contributed by atoms with Crippen molar-refractivity contribution < 1.29 is 0 Å². The van der Waals surface area contributed by atoms with E-state index >= 15 is 0 Å². The van der Waals surface area contributed by atoms with Gasteiger partial charge in [0.05, 0.1) is 12.0 Å². The monoisotopic (exact) mass is 223 g/mol. The highest BCUT2D eigenvalue weighted by Gasteiger charge is 2.08. The summed E-state index contributed by atoms with van der Waals surface area (Å²) < 4.78 is 2.29. The number of nitrogens with zero attached hydrogens (tertiary/aromatic N) is 2. The fraction of sp³-hybridized carbons (Fsp3) is 0.769. The summed E-state index contributed by atoms with van der Waals surface area (Å²) in [6.07, 6.45) is 6.36. The minimum Gasteiger partial charge on any atom is -0.331 e. The largest absolute Gasteiger partial charge is 0.331 e. The molecule has 1 unspecified atom stereocenters. The molecule has 1 aromatic rings. The fourth-order valence-electron chi connectivity index (χ4n) is 1.91. The van der Waals surface area contributed by atoms with Gasteiger partial charge in [-0.05, 0) is 25.8 Å². The molecule has 0 bridgehead atoms. The van der Waals surface area contributed by atoms with Crippen LogP contribution in [0, 0.1) is 5.92 Å². The smallest absolute Gasteiger partial charge is 0.0951 e. The summed E-state index contributed by atoms with van der Waals surface area (Å²) in [5.74, 6) is 0.699. The normalized spacial score (nSPS) is 13.3. The average Bonchev–Trinajstić information content (AvgIpc) is 2.66. The van der Waals surface area contributed by atoms with Crippen molar-refractivity contribution >= 4 is 0 Å². The number of imidazole rings is 1. The van der Waals surface area contributed by atoms with Gasteiger partial charge >= 0.3 is 0 Å². The van der Waals surface area contributed by atoms with Crippen LogP contribution in [0.3, 0.4) is 0 Å². The van der Waals surface area contributed by atoms with E-state index in [-0.39, 0.29) is 0 Å². The van der Waals surface area contributed by atoms with Crippen LogP contribution in [0.4, 0.5) is 0 Å². The molecule has 1 heterocycles. The summed E-state index contributed by atoms with van der Waals surface area (Å²) in [6.45, 7) is 10.9. The van der Waals surface area contributed by atoms with Gasteiger partial charge in [0.15, 0.2) is 0 Å². The van der Waals surface area contributed by atoms with Gasteiger partial charge in [-0.25, -0.2) is 4.98 Å². The zero-order chi connectivity index (χ0) is 12.0. The lowest BCUT2D eigenvalue weighted by molar-refractivity contribution is 0.469. The summed E-state index contributed by atoms with van der Waals surface area (Å²) in [7, 11) is 0. The van der Waals surface area contributed by atoms with Gasteiger partial charge in [0.1, 0.15) is 0 Å². The Hall–Kier alpha value is -0.830. The molecular weight excluding hydrogens is 198 g/mol. The van der Waals surface area contributed by atoms with E-state index in [1.54, 1.807) is 0 Å². The van der Waals surface area contributed by atoms with Crippen LogP contribution in [0.1, 0.15) is 52.3 Å². The van der Waals surface area contributed by atoms with E-state index in [0.717, 1.165) is 13.1 Å². The maximum atomic E-state index is 4.25. The molecule has 3 nitrogen and oxygen atoms in total. The third-order valence-corrected chi connectivity index (χ3v) is 2.79. The molecule has 1 atom stereocenters. The van der Waals surface area contributed by atoms with Gasteiger partial charge in [0.2, 0.25) is 0 Å². The highest BCUT2D eigenvalue weighted by molar-refractivity contribution is 4.99. The standard InChI is InChI=1S/C13H25N3/c1-5-6-12(4)16-10-15-9-13(16)8-14-7-11(2)3/h9-12,14H,5-8H2,1-4H3. The van der Waals surface area contributed by atoms with E-state index in [2.05, 4.69) is 42.6 Å². The van der Waals surface area contributed by atoms with Crippen LogP contribution in [0.2, 0.25) is 0 Å². The molecule has 92 valence electrons. The van der Waals surface area contributed by atoms with Gasteiger partial charge in [0.25, 0.3) is 0 Å². The number of rotatable bonds is 7. The predicted octanol–water partition coefficient (Wildman–Crippen LogP) is 2.99. The van der Waals surface area contributed by atoms with E-state index in [0.29, 0.717) is 12.0 Å². The molecule has 0 saturated heterocycles. The number of nitrogens with one attached hydrogen (secondary N) is 1. The Kier molecular flexibility index (Phi) is 5.53. The van der Waals surface area contributed by atoms with Crippen LogP contribution in [0.5, 0.6) is 0 Å². The molecule has 0 saturated carbocycles. The number of aromatic nitrogens is 2. The first-order valence-electron chi connectivity index (χ1n) is 6.36. The molecule has 0 spiro atoms. The second kappa shape index (κ2) is 6.69. The summed E-state index contributed by atoms with van der Waals surface area (Å²) >= 11 is 0. The van der Waals surface area contributed by atoms with Crippen molar-refractivity contribution in [3.05, 3.63) is 18.2 Å². The predicted molar refractivity (Wildman–Crippen MR) is 68.4 cm³/mol. The summed E-state index contributed by atoms with van der Waals surface area (Å²) in [5.41, 5.74) is 1.29. The zero-order valence-electron chi connectivity index (χ0n) is 11.0. The Morgan fingerprint density at radius 3 is 2.75 bits per heavy atom. The van der Waals surface area contributed by atoms with Crippen molar-refractivity contribution in [1.29, 1.82) is 0 Å². The SMILES string of the molecule is CCCC(C)n1cncc1CNCC(C)C. The maximum Gasteiger partial charge on any atom is 0.0951 e. The van der Waals surface area contributed by atoms with Crippen molar-refractivity contribution in [1.82, 2.24) is 14.9 Å². The molecule has 0 aliphatic heterocycles. The van der Waals surface area contributed by atoms with Crippen LogP contribution in [0.25, 0.3) is 0 Å². The number of hydrogen-bond donors (Lipinski definition) is 1. The van der Waals surface area contributed by atoms with Crippen LogP contribution in [-0.4, -0.2) is 16.1 Å². The molecule has 1 rings (SSSR count). The van der Waals surface area contributed by atoms with Gasteiger partial charge in [-0.2, -0.15) is 0 Å². The summed E-state index contributed by atoms with van der Waals surface area (Å²) in [6, 6.07) is 0.559. The van der Waals surface area contributed by atoms with E-state index < -0.39 is 0 Å². The third-order valence-electron chi connectivity index (χ3n) is 2.79. The molecule has 3 heteroatoms. The van der Waals surface area contributed by atoms with Gasteiger partial charge in [0, 0.05) is 18.8 Å². The minimum absolute atomic E-state index is 0.559. The van der Waals surface area contributed by atoms with Gasteiger partial charge in [-0.15, -0.1) is 0 Å². The maximum absolute atomic E-state index is 4.25. The Bertz CT molecular complexity index is 291. The first-order valence-corrected chi connectivity index (χ1v) is 6.36. The lowest BCUT2D eigenvalue weighted by Gasteiger charge is -2.16. The Morgan fingerprint density at radius 1 is 1.38 bits per heavy atom. The van der Waals surface area contributed by atoms with Crippen molar-refractivity contribution in [2.75, 3.05) is 6.54 Å². The second-order valence-electron chi connectivity index (χ2n) is 4.95. The first-order chi connectivity index (χ1) is 7.65. The molecule has 0 fully saturated rings. The van der Waals surface area contributed by atoms with E-state index in [4.69, 9.17) is 0 Å². The Balaban J connectivity index is 2.50. The molecule has 0 aliphatic rings. The van der Waals surface area contributed by atoms with Crippen LogP contribution in [0.15, 0.2) is 12.5 Å². The topological polar surface area (TPSA) is 29.9 Å². The number of hydrogen-bond acceptors (Lipinski definition) is 2. The lowest BCUT2D eigenvalue weighted by Crippen LogP contribution is -2.21. The van der Waals surface area contributed by atoms with Crippen LogP contribution in [-0.2, 0) is 6.54 Å². The van der Waals surface area contributed by atoms with Crippen molar-refractivity contribution in [2.24, 2.45) is 5.92 Å². The van der Waals surface area contributed by atoms with E-state index in [1.807, 2.05) is 12.5 Å². The summed E-state index contributed by atoms with van der Waals surface area (Å²) in [4.78, 5) is 4.25. The molecule has 0 aromatic carbocycles. The highest BCUT2D eigenvalue weighted by Crippen LogP contribution is 2.15.